The Labute approximate surface area is 476 Å². The summed E-state index contributed by atoms with van der Waals surface area (Å²) in [6.45, 7) is 6.42. The van der Waals surface area contributed by atoms with E-state index < -0.39 is 54.7 Å². The highest BCUT2D eigenvalue weighted by Crippen LogP contribution is 2.17. The van der Waals surface area contributed by atoms with Gasteiger partial charge in [-0.2, -0.15) is 0 Å². The third kappa shape index (κ3) is 34.8. The molecule has 4 amide bonds. The van der Waals surface area contributed by atoms with Gasteiger partial charge in [0.05, 0.1) is 19.5 Å². The molecule has 0 bridgehead atoms. The summed E-state index contributed by atoms with van der Waals surface area (Å²) in [5.74, 6) is -5.63. The Bertz CT molecular complexity index is 2300. The number of benzene rings is 2. The van der Waals surface area contributed by atoms with E-state index in [1.54, 1.807) is 16.7 Å². The largest absolute Gasteiger partial charge is 0.481 e. The highest BCUT2D eigenvalue weighted by atomic mass is 16.5. The van der Waals surface area contributed by atoms with Crippen LogP contribution >= 0.6 is 0 Å². The number of carbonyl (C=O) groups excluding carboxylic acids is 10. The molecule has 27 nitrogen and oxygen atoms in total. The zero-order valence-electron chi connectivity index (χ0n) is 46.6. The molecule has 0 radical (unpaired) electrons. The fourth-order valence-corrected chi connectivity index (χ4v) is 7.98. The van der Waals surface area contributed by atoms with Crippen molar-refractivity contribution in [3.8, 4) is 0 Å². The second-order valence-corrected chi connectivity index (χ2v) is 18.8. The first-order chi connectivity index (χ1) is 39.3. The van der Waals surface area contributed by atoms with Crippen LogP contribution in [0.1, 0.15) is 89.2 Å². The van der Waals surface area contributed by atoms with E-state index in [-0.39, 0.29) is 158 Å². The number of carboxylic acid groups (broad SMARTS) is 3. The molecule has 2 rings (SSSR count). The lowest BCUT2D eigenvalue weighted by molar-refractivity contribution is -0.141. The van der Waals surface area contributed by atoms with E-state index in [1.807, 2.05) is 72.5 Å². The van der Waals surface area contributed by atoms with Crippen LogP contribution in [0.4, 0.5) is 4.79 Å². The molecule has 27 heteroatoms. The smallest absolute Gasteiger partial charge is 0.326 e. The number of likely N-dealkylation sites (N-methyl/N-ethyl adjacent to an activating group) is 1. The van der Waals surface area contributed by atoms with Gasteiger partial charge in [-0.15, -0.1) is 0 Å². The number of carboxylic acids is 3. The first-order valence-electron chi connectivity index (χ1n) is 26.6. The lowest BCUT2D eigenvalue weighted by Gasteiger charge is -2.28. The van der Waals surface area contributed by atoms with Crippen molar-refractivity contribution >= 4 is 79.0 Å². The van der Waals surface area contributed by atoms with Crippen molar-refractivity contribution in [2.45, 2.75) is 109 Å². The molecule has 7 N–H and O–H groups in total. The summed E-state index contributed by atoms with van der Waals surface area (Å²) < 4.78 is 19.2. The van der Waals surface area contributed by atoms with Crippen LogP contribution in [0.3, 0.4) is 0 Å². The number of nitrogens with zero attached hydrogens (tertiary/aromatic N) is 3. The summed E-state index contributed by atoms with van der Waals surface area (Å²) in [4.78, 5) is 156. The number of Topliss-reactive ketones (excluding diaryl/α,β-unsaturated/α-hetero) is 3. The topological polar surface area (TPSA) is 377 Å². The van der Waals surface area contributed by atoms with Gasteiger partial charge < -0.3 is 55.5 Å². The third-order valence-electron chi connectivity index (χ3n) is 12.4. The lowest BCUT2D eigenvalue weighted by Crippen LogP contribution is -2.49. The zero-order chi connectivity index (χ0) is 61.1. The summed E-state index contributed by atoms with van der Waals surface area (Å²) in [5, 5.41) is 36.9. The van der Waals surface area contributed by atoms with E-state index in [1.165, 1.54) is 7.05 Å². The minimum Gasteiger partial charge on any atom is -0.481 e. The summed E-state index contributed by atoms with van der Waals surface area (Å²) in [6, 6.07) is 16.4. The van der Waals surface area contributed by atoms with Crippen molar-refractivity contribution in [1.82, 2.24) is 36.0 Å². The number of amides is 4. The minimum atomic E-state index is -1.44. The van der Waals surface area contributed by atoms with E-state index in [2.05, 4.69) is 26.0 Å². The van der Waals surface area contributed by atoms with Crippen molar-refractivity contribution in [2.75, 3.05) is 72.9 Å². The average Bonchev–Trinajstić information content (AvgIpc) is 3.46. The fourth-order valence-electron chi connectivity index (χ4n) is 7.98. The van der Waals surface area contributed by atoms with Crippen molar-refractivity contribution in [3.63, 3.8) is 0 Å². The molecule has 0 aromatic heterocycles. The van der Waals surface area contributed by atoms with Crippen LogP contribution in [0.5, 0.6) is 0 Å². The summed E-state index contributed by atoms with van der Waals surface area (Å²) in [7, 11) is 1.52. The monoisotopic (exact) mass is 1160 g/mol. The minimum absolute atomic E-state index is 0.00409. The zero-order valence-corrected chi connectivity index (χ0v) is 46.6. The first kappa shape index (κ1) is 71.8. The van der Waals surface area contributed by atoms with E-state index in [0.29, 0.717) is 38.9 Å². The number of urea groups is 1. The second-order valence-electron chi connectivity index (χ2n) is 18.8. The van der Waals surface area contributed by atoms with Gasteiger partial charge in [-0.3, -0.25) is 67.4 Å². The predicted octanol–water partition coefficient (Wildman–Crippen LogP) is 1.33. The molecular weight excluding hydrogens is 1080 g/mol. The van der Waals surface area contributed by atoms with E-state index >= 15 is 0 Å². The van der Waals surface area contributed by atoms with Gasteiger partial charge in [0.2, 0.25) is 11.8 Å². The van der Waals surface area contributed by atoms with E-state index in [0.717, 1.165) is 11.1 Å². The fraction of sp³-hybridized carbons (Fsp3) is 0.545. The molecule has 2 unspecified atom stereocenters. The molecule has 0 saturated carbocycles. The van der Waals surface area contributed by atoms with Crippen LogP contribution in [0.25, 0.3) is 0 Å². The van der Waals surface area contributed by atoms with E-state index in [4.69, 9.17) is 19.3 Å². The molecule has 0 heterocycles. The molecule has 0 spiro atoms. The van der Waals surface area contributed by atoms with Crippen LogP contribution in [0.2, 0.25) is 0 Å². The Morgan fingerprint density at radius 2 is 1.20 bits per heavy atom. The number of ether oxygens (including phenoxy) is 4. The van der Waals surface area contributed by atoms with Crippen LogP contribution in [0, 0.1) is 11.8 Å². The lowest BCUT2D eigenvalue weighted by atomic mass is 9.93. The highest BCUT2D eigenvalue weighted by molar-refractivity contribution is 5.88. The molecule has 2 aromatic rings. The van der Waals surface area contributed by atoms with Crippen LogP contribution in [-0.4, -0.2) is 200 Å². The Balaban J connectivity index is 0.000000836. The molecule has 5 atom stereocenters. The number of carbonyl (C=O) groups is 13. The highest BCUT2D eigenvalue weighted by Gasteiger charge is 2.26. The quantitative estimate of drug-likeness (QED) is 0.0213. The first-order valence-corrected chi connectivity index (χ1v) is 26.6. The number of aliphatic carboxylic acids is 3. The van der Waals surface area contributed by atoms with Crippen molar-refractivity contribution < 1.29 is 96.6 Å². The van der Waals surface area contributed by atoms with Crippen molar-refractivity contribution in [2.24, 2.45) is 11.8 Å². The second kappa shape index (κ2) is 43.6. The van der Waals surface area contributed by atoms with Gasteiger partial charge in [0.1, 0.15) is 43.0 Å². The number of hydrogen-bond acceptors (Lipinski definition) is 20. The van der Waals surface area contributed by atoms with Crippen molar-refractivity contribution in [3.05, 3.63) is 71.8 Å². The molecule has 0 fully saturated rings. The maximum atomic E-state index is 12.9. The maximum absolute atomic E-state index is 12.9. The van der Waals surface area contributed by atoms with Crippen molar-refractivity contribution in [1.29, 1.82) is 0 Å². The Hall–Kier alpha value is -8.17. The molecule has 2 aromatic carbocycles. The number of ketones is 3. The Morgan fingerprint density at radius 1 is 0.610 bits per heavy atom. The van der Waals surface area contributed by atoms with Gasteiger partial charge in [0.25, 0.3) is 25.9 Å². The summed E-state index contributed by atoms with van der Waals surface area (Å²) in [6.07, 6.45) is -1.71. The predicted molar refractivity (Wildman–Crippen MR) is 291 cm³/mol. The van der Waals surface area contributed by atoms with Gasteiger partial charge in [0, 0.05) is 90.1 Å². The maximum Gasteiger partial charge on any atom is 0.326 e. The van der Waals surface area contributed by atoms with Crippen LogP contribution < -0.4 is 21.3 Å². The summed E-state index contributed by atoms with van der Waals surface area (Å²) in [5.41, 5.74) is 1.95. The standard InChI is InChI=1S/C30H41N3O12.C25H38N4O8/c1-20(16-21-6-3-2-4-7-21)25(37)17-23(44-18-34)10-12-26(38)31-15-5-8-22(36)9-11-24(29(41)42)32-30(43)33-27(45-19-35)13-14-28(39)40;1-3-27(17-36-19-30)9-10-28(16-24(33)34)11-12-29(18-37-20-31)15-23(32)14-22(25(35)26-2)13-21-7-5-4-6-8-21/h2-4,6-7,18-20,23-24,27H,5,8-17H2,1H3,(H,31,38)(H,39,40)(H,41,42)(H2,32,33,43);4-8,19-20,22H,3,9-18H2,1-2H3,(H,26,35)(H,33,34)/t20?,23-,24-,27+;/m0./s1. The summed E-state index contributed by atoms with van der Waals surface area (Å²) >= 11 is 0. The van der Waals surface area contributed by atoms with Gasteiger partial charge in [-0.05, 0) is 49.8 Å². The Kier molecular flexibility index (Phi) is 38.2. The molecule has 82 heavy (non-hydrogen) atoms. The average molecular weight is 1160 g/mol. The van der Waals surface area contributed by atoms with Gasteiger partial charge in [-0.1, -0.05) is 74.5 Å². The molecule has 0 saturated heterocycles. The number of hydrogen-bond donors (Lipinski definition) is 7. The number of rotatable bonds is 47. The molecule has 0 aliphatic heterocycles. The van der Waals surface area contributed by atoms with Gasteiger partial charge in [-0.25, -0.2) is 9.59 Å². The van der Waals surface area contributed by atoms with Crippen LogP contribution in [-0.2, 0) is 89.3 Å². The van der Waals surface area contributed by atoms with Crippen LogP contribution in [0.15, 0.2) is 60.7 Å². The SMILES string of the molecule is CC(Cc1ccccc1)C(=O)C[C@H](CCC(=O)NCCCC(=O)CC[C@H](NC(=O)N[C@@H](CCC(=O)O)OC=O)C(=O)O)OC=O.CCN(CCN(CCN(COC=O)CC(=O)CC(Cc1ccccc1)C(=O)NC)CC(=O)O)COC=O. The van der Waals surface area contributed by atoms with E-state index in [9.17, 15) is 72.5 Å². The normalized spacial score (nSPS) is 12.6. The molecule has 454 valence electrons. The number of nitrogens with one attached hydrogen (secondary N) is 4. The molecule has 0 aliphatic carbocycles. The van der Waals surface area contributed by atoms with Gasteiger partial charge in [0.15, 0.2) is 6.23 Å². The molecule has 0 aliphatic rings. The molecular formula is C55H79N7O20. The Morgan fingerprint density at radius 3 is 1.74 bits per heavy atom. The third-order valence-corrected chi connectivity index (χ3v) is 12.4. The van der Waals surface area contributed by atoms with Gasteiger partial charge >= 0.3 is 23.9 Å².